The zero-order chi connectivity index (χ0) is 13.5. The Balaban J connectivity index is 4.51. The normalized spacial score (nSPS) is 13.5. The molecule has 0 aromatic carbocycles. The number of rotatable bonds is 8. The van der Waals surface area contributed by atoms with Crippen molar-refractivity contribution in [3.63, 3.8) is 0 Å². The van der Waals surface area contributed by atoms with Crippen molar-refractivity contribution in [1.82, 2.24) is 5.32 Å². The Labute approximate surface area is 105 Å². The fourth-order valence-corrected chi connectivity index (χ4v) is 3.84. The van der Waals surface area contributed by atoms with E-state index in [-0.39, 0.29) is 5.91 Å². The maximum Gasteiger partial charge on any atom is 0.502 e. The molecule has 0 aliphatic heterocycles. The van der Waals surface area contributed by atoms with Gasteiger partial charge in [0.1, 0.15) is 6.23 Å². The predicted octanol–water partition coefficient (Wildman–Crippen LogP) is 1.54. The van der Waals surface area contributed by atoms with Crippen LogP contribution in [-0.4, -0.2) is 35.2 Å². The lowest BCUT2D eigenvalue weighted by Gasteiger charge is -2.30. The minimum absolute atomic E-state index is 0.280. The first-order valence-corrected chi connectivity index (χ1v) is 7.53. The zero-order valence-electron chi connectivity index (χ0n) is 11.3. The number of hydrogen-bond acceptors (Lipinski definition) is 4. The molecule has 0 aromatic heterocycles. The van der Waals surface area contributed by atoms with Crippen LogP contribution in [0.25, 0.3) is 0 Å². The molecular formula is C11H23NO4Si. The first-order valence-electron chi connectivity index (χ1n) is 5.60. The van der Waals surface area contributed by atoms with Crippen molar-refractivity contribution in [1.29, 1.82) is 0 Å². The van der Waals surface area contributed by atoms with Gasteiger partial charge in [0.15, 0.2) is 0 Å². The van der Waals surface area contributed by atoms with Gasteiger partial charge < -0.3 is 18.6 Å². The molecule has 1 amide bonds. The molecule has 1 N–H and O–H groups in total. The summed E-state index contributed by atoms with van der Waals surface area (Å²) in [4.78, 5) is 11.1. The van der Waals surface area contributed by atoms with Gasteiger partial charge in [0.2, 0.25) is 5.91 Å². The molecule has 1 atom stereocenters. The van der Waals surface area contributed by atoms with E-state index in [1.54, 1.807) is 21.1 Å². The third-order valence-electron chi connectivity index (χ3n) is 2.17. The van der Waals surface area contributed by atoms with Gasteiger partial charge in [-0.05, 0) is 18.9 Å². The van der Waals surface area contributed by atoms with Crippen molar-refractivity contribution >= 4 is 14.7 Å². The van der Waals surface area contributed by atoms with Gasteiger partial charge in [0.25, 0.3) is 0 Å². The van der Waals surface area contributed by atoms with E-state index in [1.165, 1.54) is 6.08 Å². The summed E-state index contributed by atoms with van der Waals surface area (Å²) >= 11 is 0. The van der Waals surface area contributed by atoms with Gasteiger partial charge in [-0.25, -0.2) is 0 Å². The molecule has 5 nitrogen and oxygen atoms in total. The standard InChI is InChI=1S/C11H23NO4Si/c1-7-11(13)12-10(4)16-17(14-5,15-6)8-9(2)3/h7,9-10H,1,8H2,2-6H3,(H,12,13). The van der Waals surface area contributed by atoms with Crippen molar-refractivity contribution < 1.29 is 18.1 Å². The molecule has 0 saturated carbocycles. The van der Waals surface area contributed by atoms with Crippen molar-refractivity contribution in [2.24, 2.45) is 5.92 Å². The van der Waals surface area contributed by atoms with E-state index in [9.17, 15) is 4.79 Å². The molecule has 0 aromatic rings. The molecular weight excluding hydrogens is 238 g/mol. The van der Waals surface area contributed by atoms with Crippen molar-refractivity contribution in [2.45, 2.75) is 33.0 Å². The van der Waals surface area contributed by atoms with Crippen LogP contribution in [0.3, 0.4) is 0 Å². The Bertz CT molecular complexity index is 254. The Morgan fingerprint density at radius 3 is 2.24 bits per heavy atom. The average molecular weight is 261 g/mol. The van der Waals surface area contributed by atoms with Crippen LogP contribution < -0.4 is 5.32 Å². The van der Waals surface area contributed by atoms with Gasteiger partial charge in [-0.2, -0.15) is 0 Å². The highest BCUT2D eigenvalue weighted by Gasteiger charge is 2.41. The van der Waals surface area contributed by atoms with Crippen LogP contribution in [0.4, 0.5) is 0 Å². The summed E-state index contributed by atoms with van der Waals surface area (Å²) < 4.78 is 16.5. The summed E-state index contributed by atoms with van der Waals surface area (Å²) in [7, 11) is 0.441. The SMILES string of the molecule is C=CC(=O)NC(C)O[Si](CC(C)C)(OC)OC. The molecule has 0 fully saturated rings. The minimum atomic E-state index is -2.70. The Morgan fingerprint density at radius 2 is 1.88 bits per heavy atom. The summed E-state index contributed by atoms with van der Waals surface area (Å²) in [5, 5.41) is 2.62. The zero-order valence-corrected chi connectivity index (χ0v) is 12.3. The highest BCUT2D eigenvalue weighted by atomic mass is 28.4. The molecule has 100 valence electrons. The molecule has 0 bridgehead atoms. The summed E-state index contributed by atoms with van der Waals surface area (Å²) in [5.74, 6) is 0.112. The number of hydrogen-bond donors (Lipinski definition) is 1. The van der Waals surface area contributed by atoms with Crippen LogP contribution in [-0.2, 0) is 18.1 Å². The number of amides is 1. The molecule has 0 spiro atoms. The molecule has 0 heterocycles. The molecule has 6 heteroatoms. The number of nitrogens with one attached hydrogen (secondary N) is 1. The lowest BCUT2D eigenvalue weighted by Crippen LogP contribution is -2.51. The van der Waals surface area contributed by atoms with Crippen molar-refractivity contribution in [3.8, 4) is 0 Å². The third-order valence-corrected chi connectivity index (χ3v) is 5.44. The highest BCUT2D eigenvalue weighted by Crippen LogP contribution is 2.20. The number of carbonyl (C=O) groups is 1. The highest BCUT2D eigenvalue weighted by molar-refractivity contribution is 6.60. The molecule has 0 radical (unpaired) electrons. The Hall–Kier alpha value is -0.693. The first kappa shape index (κ1) is 16.3. The smallest absolute Gasteiger partial charge is 0.377 e. The molecule has 17 heavy (non-hydrogen) atoms. The van der Waals surface area contributed by atoms with Crippen LogP contribution in [0.5, 0.6) is 0 Å². The van der Waals surface area contributed by atoms with E-state index < -0.39 is 15.0 Å². The van der Waals surface area contributed by atoms with Crippen LogP contribution in [0, 0.1) is 5.92 Å². The van der Waals surface area contributed by atoms with Crippen LogP contribution in [0.15, 0.2) is 12.7 Å². The van der Waals surface area contributed by atoms with Gasteiger partial charge in [0, 0.05) is 20.3 Å². The van der Waals surface area contributed by atoms with E-state index in [0.717, 1.165) is 0 Å². The second kappa shape index (κ2) is 7.60. The van der Waals surface area contributed by atoms with E-state index in [4.69, 9.17) is 13.3 Å². The topological polar surface area (TPSA) is 56.8 Å². The predicted molar refractivity (Wildman–Crippen MR) is 68.3 cm³/mol. The van der Waals surface area contributed by atoms with Gasteiger partial charge in [0.05, 0.1) is 0 Å². The van der Waals surface area contributed by atoms with Crippen LogP contribution in [0.1, 0.15) is 20.8 Å². The van der Waals surface area contributed by atoms with Crippen LogP contribution >= 0.6 is 0 Å². The largest absolute Gasteiger partial charge is 0.502 e. The minimum Gasteiger partial charge on any atom is -0.377 e. The third kappa shape index (κ3) is 5.97. The fourth-order valence-electron chi connectivity index (χ4n) is 1.45. The summed E-state index contributed by atoms with van der Waals surface area (Å²) in [5.41, 5.74) is 0. The molecule has 0 saturated heterocycles. The second-order valence-electron chi connectivity index (χ2n) is 4.16. The Kier molecular flexibility index (Phi) is 7.29. The fraction of sp³-hybridized carbons (Fsp3) is 0.727. The number of carbonyl (C=O) groups excluding carboxylic acids is 1. The molecule has 1 unspecified atom stereocenters. The first-order chi connectivity index (χ1) is 7.89. The lowest BCUT2D eigenvalue weighted by molar-refractivity contribution is -0.119. The molecule has 0 aliphatic rings. The second-order valence-corrected chi connectivity index (χ2v) is 6.99. The monoisotopic (exact) mass is 261 g/mol. The summed E-state index contributed by atoms with van der Waals surface area (Å²) in [6.07, 6.45) is 0.733. The van der Waals surface area contributed by atoms with Gasteiger partial charge in [-0.15, -0.1) is 0 Å². The van der Waals surface area contributed by atoms with E-state index >= 15 is 0 Å². The van der Waals surface area contributed by atoms with E-state index in [1.807, 2.05) is 0 Å². The average Bonchev–Trinajstić information content (AvgIpc) is 2.27. The summed E-state index contributed by atoms with van der Waals surface area (Å²) in [6, 6.07) is 0.703. The van der Waals surface area contributed by atoms with E-state index in [0.29, 0.717) is 12.0 Å². The van der Waals surface area contributed by atoms with Crippen molar-refractivity contribution in [2.75, 3.05) is 14.2 Å². The molecule has 0 rings (SSSR count). The quantitative estimate of drug-likeness (QED) is 0.409. The van der Waals surface area contributed by atoms with Crippen LogP contribution in [0.2, 0.25) is 6.04 Å². The van der Waals surface area contributed by atoms with Gasteiger partial charge in [-0.3, -0.25) is 4.79 Å². The van der Waals surface area contributed by atoms with E-state index in [2.05, 4.69) is 25.7 Å². The maximum atomic E-state index is 11.1. The molecule has 0 aliphatic carbocycles. The Morgan fingerprint density at radius 1 is 1.35 bits per heavy atom. The lowest BCUT2D eigenvalue weighted by atomic mass is 10.3. The van der Waals surface area contributed by atoms with Crippen molar-refractivity contribution in [3.05, 3.63) is 12.7 Å². The maximum absolute atomic E-state index is 11.1. The van der Waals surface area contributed by atoms with Gasteiger partial charge in [-0.1, -0.05) is 20.4 Å². The van der Waals surface area contributed by atoms with Gasteiger partial charge >= 0.3 is 8.80 Å². The summed E-state index contributed by atoms with van der Waals surface area (Å²) in [6.45, 7) is 9.25.